The maximum atomic E-state index is 6.92. The molecule has 1 aliphatic rings. The highest BCUT2D eigenvalue weighted by Crippen LogP contribution is 2.47. The Morgan fingerprint density at radius 1 is 0.735 bits per heavy atom. The van der Waals surface area contributed by atoms with E-state index >= 15 is 0 Å². The molecule has 0 fully saturated rings. The molecule has 0 saturated heterocycles. The van der Waals surface area contributed by atoms with E-state index in [0.29, 0.717) is 0 Å². The second kappa shape index (κ2) is 8.90. The molecule has 2 aromatic rings. The zero-order valence-electron chi connectivity index (χ0n) is 23.5. The van der Waals surface area contributed by atoms with Gasteiger partial charge in [0.25, 0.3) is 16.6 Å². The fraction of sp³-hybridized carbons (Fsp3) is 0.517. The number of benzene rings is 2. The first-order chi connectivity index (χ1) is 15.4. The summed E-state index contributed by atoms with van der Waals surface area (Å²) in [6, 6.07) is 13.4. The highest BCUT2D eigenvalue weighted by Gasteiger charge is 2.42. The van der Waals surface area contributed by atoms with Crippen LogP contribution in [0.15, 0.2) is 42.5 Å². The fourth-order valence-electron chi connectivity index (χ4n) is 3.57. The Kier molecular flexibility index (Phi) is 6.97. The van der Waals surface area contributed by atoms with E-state index in [9.17, 15) is 0 Å². The molecule has 0 saturated carbocycles. The second-order valence-corrected chi connectivity index (χ2v) is 22.4. The maximum Gasteiger partial charge on any atom is 0.250 e. The molecular weight excluding hydrogens is 450 g/mol. The van der Waals surface area contributed by atoms with Gasteiger partial charge in [-0.1, -0.05) is 59.8 Å². The number of nitrogens with zero attached hydrogens (tertiary/aromatic N) is 1. The first kappa shape index (κ1) is 26.6. The average Bonchev–Trinajstić information content (AvgIpc) is 3.08. The quantitative estimate of drug-likeness (QED) is 0.375. The molecule has 0 aliphatic heterocycles. The van der Waals surface area contributed by atoms with Crippen molar-refractivity contribution in [1.29, 1.82) is 0 Å². The van der Waals surface area contributed by atoms with E-state index in [1.165, 1.54) is 28.0 Å². The van der Waals surface area contributed by atoms with Gasteiger partial charge in [-0.2, -0.15) is 0 Å². The van der Waals surface area contributed by atoms with E-state index in [4.69, 9.17) is 8.85 Å². The highest BCUT2D eigenvalue weighted by atomic mass is 28.4. The summed E-state index contributed by atoms with van der Waals surface area (Å²) in [5.41, 5.74) is 6.35. The SMILES string of the molecule is CN(C)c1ccc(C2=CCc3cc(O[Si](C)(C)C(C)(C)C)c(O[Si](C)(C)C(C)(C)C)cc32)cc1. The van der Waals surface area contributed by atoms with Crippen molar-refractivity contribution < 1.29 is 8.85 Å². The first-order valence-electron chi connectivity index (χ1n) is 12.5. The van der Waals surface area contributed by atoms with Crippen LogP contribution in [0, 0.1) is 0 Å². The van der Waals surface area contributed by atoms with E-state index in [-0.39, 0.29) is 10.1 Å². The van der Waals surface area contributed by atoms with Gasteiger partial charge >= 0.3 is 0 Å². The van der Waals surface area contributed by atoms with Gasteiger partial charge in [-0.25, -0.2) is 0 Å². The molecular formula is C29H45NO2Si2. The summed E-state index contributed by atoms with van der Waals surface area (Å²) in [5, 5.41) is 0.235. The topological polar surface area (TPSA) is 21.7 Å². The third-order valence-corrected chi connectivity index (χ3v) is 16.7. The van der Waals surface area contributed by atoms with Gasteiger partial charge in [0, 0.05) is 19.8 Å². The van der Waals surface area contributed by atoms with Crippen LogP contribution in [-0.2, 0) is 6.42 Å². The van der Waals surface area contributed by atoms with Crippen LogP contribution in [0.3, 0.4) is 0 Å². The van der Waals surface area contributed by atoms with Crippen molar-refractivity contribution in [3.8, 4) is 11.5 Å². The van der Waals surface area contributed by atoms with Gasteiger partial charge < -0.3 is 13.8 Å². The normalized spacial score (nSPS) is 14.5. The third kappa shape index (κ3) is 5.30. The Bertz CT molecular complexity index is 1070. The molecule has 3 rings (SSSR count). The summed E-state index contributed by atoms with van der Waals surface area (Å²) >= 11 is 0. The molecule has 3 nitrogen and oxygen atoms in total. The summed E-state index contributed by atoms with van der Waals surface area (Å²) in [4.78, 5) is 2.14. The number of fused-ring (bicyclic) bond motifs is 1. The third-order valence-electron chi connectivity index (χ3n) is 8.02. The summed E-state index contributed by atoms with van der Waals surface area (Å²) in [6.45, 7) is 23.0. The largest absolute Gasteiger partial charge is 0.541 e. The number of allylic oxidation sites excluding steroid dienone is 1. The minimum atomic E-state index is -2.04. The van der Waals surface area contributed by atoms with Gasteiger partial charge in [0.15, 0.2) is 0 Å². The zero-order chi connectivity index (χ0) is 25.7. The Morgan fingerprint density at radius 2 is 1.21 bits per heavy atom. The Balaban J connectivity index is 2.08. The summed E-state index contributed by atoms with van der Waals surface area (Å²) in [7, 11) is 0.0966. The average molecular weight is 496 g/mol. The molecule has 0 radical (unpaired) electrons. The molecule has 0 aromatic heterocycles. The van der Waals surface area contributed by atoms with Gasteiger partial charge in [-0.3, -0.25) is 0 Å². The van der Waals surface area contributed by atoms with Crippen LogP contribution in [0.1, 0.15) is 58.2 Å². The standard InChI is InChI=1S/C29H45NO2Si2/c1-28(2,3)33(9,10)31-26-19-22-15-18-24(21-13-16-23(17-14-21)30(7)8)25(22)20-27(26)32-34(11,12)29(4,5)6/h13-14,16-20H,15H2,1-12H3. The monoisotopic (exact) mass is 495 g/mol. The lowest BCUT2D eigenvalue weighted by molar-refractivity contribution is 0.440. The Hall–Kier alpha value is -1.99. The zero-order valence-corrected chi connectivity index (χ0v) is 25.5. The fourth-order valence-corrected chi connectivity index (χ4v) is 5.60. The van der Waals surface area contributed by atoms with Crippen molar-refractivity contribution >= 4 is 27.9 Å². The molecule has 0 bridgehead atoms. The van der Waals surface area contributed by atoms with E-state index in [0.717, 1.165) is 17.9 Å². The van der Waals surface area contributed by atoms with Crippen LogP contribution >= 0.6 is 0 Å². The molecule has 186 valence electrons. The van der Waals surface area contributed by atoms with Crippen molar-refractivity contribution in [2.24, 2.45) is 0 Å². The van der Waals surface area contributed by atoms with Crippen molar-refractivity contribution in [3.63, 3.8) is 0 Å². The molecule has 34 heavy (non-hydrogen) atoms. The van der Waals surface area contributed by atoms with Crippen molar-refractivity contribution in [2.45, 2.75) is 84.2 Å². The summed E-state index contributed by atoms with van der Waals surface area (Å²) in [6.07, 6.45) is 3.27. The Labute approximate surface area is 210 Å². The van der Waals surface area contributed by atoms with E-state index < -0.39 is 16.6 Å². The molecule has 2 aromatic carbocycles. The van der Waals surface area contributed by atoms with Crippen LogP contribution in [-0.4, -0.2) is 30.7 Å². The lowest BCUT2D eigenvalue weighted by Gasteiger charge is -2.40. The smallest absolute Gasteiger partial charge is 0.250 e. The number of hydrogen-bond donors (Lipinski definition) is 0. The van der Waals surface area contributed by atoms with E-state index in [1.807, 2.05) is 0 Å². The number of anilines is 1. The molecule has 5 heteroatoms. The van der Waals surface area contributed by atoms with Crippen LogP contribution in [0.4, 0.5) is 5.69 Å². The van der Waals surface area contributed by atoms with Gasteiger partial charge in [-0.15, -0.1) is 0 Å². The maximum absolute atomic E-state index is 6.92. The van der Waals surface area contributed by atoms with Crippen molar-refractivity contribution in [2.75, 3.05) is 19.0 Å². The molecule has 0 spiro atoms. The van der Waals surface area contributed by atoms with Crippen molar-refractivity contribution in [3.05, 3.63) is 59.2 Å². The van der Waals surface area contributed by atoms with Crippen molar-refractivity contribution in [1.82, 2.24) is 0 Å². The van der Waals surface area contributed by atoms with Crippen LogP contribution in [0.2, 0.25) is 36.3 Å². The minimum Gasteiger partial charge on any atom is -0.541 e. The van der Waals surface area contributed by atoms with E-state index in [2.05, 4.69) is 129 Å². The predicted molar refractivity (Wildman–Crippen MR) is 154 cm³/mol. The van der Waals surface area contributed by atoms with Crippen LogP contribution in [0.5, 0.6) is 11.5 Å². The minimum absolute atomic E-state index is 0.112. The lowest BCUT2D eigenvalue weighted by Crippen LogP contribution is -2.45. The molecule has 0 heterocycles. The summed E-state index contributed by atoms with van der Waals surface area (Å²) < 4.78 is 13.8. The number of hydrogen-bond acceptors (Lipinski definition) is 3. The van der Waals surface area contributed by atoms with Crippen LogP contribution in [0.25, 0.3) is 5.57 Å². The van der Waals surface area contributed by atoms with Gasteiger partial charge in [0.05, 0.1) is 0 Å². The molecule has 0 amide bonds. The lowest BCUT2D eigenvalue weighted by atomic mass is 9.98. The second-order valence-electron chi connectivity index (χ2n) is 12.9. The highest BCUT2D eigenvalue weighted by molar-refractivity contribution is 6.75. The predicted octanol–water partition coefficient (Wildman–Crippen LogP) is 8.51. The number of rotatable bonds is 6. The molecule has 0 atom stereocenters. The van der Waals surface area contributed by atoms with Gasteiger partial charge in [0.1, 0.15) is 11.5 Å². The van der Waals surface area contributed by atoms with Gasteiger partial charge in [0.2, 0.25) is 0 Å². The Morgan fingerprint density at radius 3 is 1.65 bits per heavy atom. The molecule has 0 N–H and O–H groups in total. The molecule has 1 aliphatic carbocycles. The first-order valence-corrected chi connectivity index (χ1v) is 18.3. The molecule has 0 unspecified atom stereocenters. The summed E-state index contributed by atoms with van der Waals surface area (Å²) in [5.74, 6) is 1.83. The van der Waals surface area contributed by atoms with Crippen LogP contribution < -0.4 is 13.8 Å². The van der Waals surface area contributed by atoms with Gasteiger partial charge in [-0.05, 0) is 89.2 Å². The van der Waals surface area contributed by atoms with E-state index in [1.54, 1.807) is 0 Å².